The van der Waals surface area contributed by atoms with Gasteiger partial charge in [-0.2, -0.15) is 0 Å². The van der Waals surface area contributed by atoms with E-state index in [0.29, 0.717) is 5.92 Å². The van der Waals surface area contributed by atoms with Crippen LogP contribution in [0, 0.1) is 11.8 Å². The van der Waals surface area contributed by atoms with Gasteiger partial charge in [0, 0.05) is 12.5 Å². The average Bonchev–Trinajstić information content (AvgIpc) is 1.99. The lowest BCUT2D eigenvalue weighted by Gasteiger charge is -2.37. The van der Waals surface area contributed by atoms with Crippen LogP contribution >= 0.6 is 0 Å². The third-order valence-electron chi connectivity index (χ3n) is 2.74. The zero-order valence-electron chi connectivity index (χ0n) is 6.12. The Morgan fingerprint density at radius 3 is 2.90 bits per heavy atom. The molecule has 1 aliphatic heterocycles. The van der Waals surface area contributed by atoms with Crippen LogP contribution in [0.3, 0.4) is 0 Å². The van der Waals surface area contributed by atoms with Gasteiger partial charge in [0.2, 0.25) is 0 Å². The van der Waals surface area contributed by atoms with Crippen molar-refractivity contribution < 1.29 is 9.84 Å². The predicted octanol–water partition coefficient (Wildman–Crippen LogP) is 0.794. The van der Waals surface area contributed by atoms with E-state index < -0.39 is 0 Å². The smallest absolute Gasteiger partial charge is 0.0590 e. The van der Waals surface area contributed by atoms with Crippen molar-refractivity contribution in [1.82, 2.24) is 0 Å². The third kappa shape index (κ3) is 1.06. The van der Waals surface area contributed by atoms with E-state index in [-0.39, 0.29) is 6.10 Å². The van der Waals surface area contributed by atoms with E-state index in [9.17, 15) is 5.11 Å². The molecule has 2 aliphatic rings. The van der Waals surface area contributed by atoms with Crippen LogP contribution < -0.4 is 0 Å². The topological polar surface area (TPSA) is 29.5 Å². The third-order valence-corrected chi connectivity index (χ3v) is 2.74. The Morgan fingerprint density at radius 2 is 2.10 bits per heavy atom. The summed E-state index contributed by atoms with van der Waals surface area (Å²) in [6, 6.07) is 0. The molecule has 0 unspecified atom stereocenters. The summed E-state index contributed by atoms with van der Waals surface area (Å²) < 4.78 is 5.35. The number of hydrogen-bond donors (Lipinski definition) is 1. The summed E-state index contributed by atoms with van der Waals surface area (Å²) in [5.41, 5.74) is 0. The van der Waals surface area contributed by atoms with Gasteiger partial charge < -0.3 is 9.84 Å². The Morgan fingerprint density at radius 1 is 1.20 bits per heavy atom. The molecular weight excluding hydrogens is 128 g/mol. The summed E-state index contributed by atoms with van der Waals surface area (Å²) >= 11 is 0. The Labute approximate surface area is 61.2 Å². The Kier molecular flexibility index (Phi) is 1.66. The van der Waals surface area contributed by atoms with E-state index in [4.69, 9.17) is 4.74 Å². The highest BCUT2D eigenvalue weighted by molar-refractivity contribution is 4.82. The highest BCUT2D eigenvalue weighted by atomic mass is 16.5. The number of rotatable bonds is 0. The minimum Gasteiger partial charge on any atom is -0.393 e. The summed E-state index contributed by atoms with van der Waals surface area (Å²) in [5.74, 6) is 1.20. The quantitative estimate of drug-likeness (QED) is 0.542. The van der Waals surface area contributed by atoms with E-state index in [1.54, 1.807) is 0 Å². The van der Waals surface area contributed by atoms with Gasteiger partial charge in [-0.25, -0.2) is 0 Å². The molecule has 1 saturated carbocycles. The molecule has 58 valence electrons. The van der Waals surface area contributed by atoms with Crippen LogP contribution in [0.2, 0.25) is 0 Å². The number of aliphatic hydroxyl groups excluding tert-OH is 1. The molecule has 0 amide bonds. The first-order valence-electron chi connectivity index (χ1n) is 4.12. The molecule has 1 heterocycles. The maximum Gasteiger partial charge on any atom is 0.0590 e. The zero-order valence-corrected chi connectivity index (χ0v) is 6.12. The molecule has 3 atom stereocenters. The van der Waals surface area contributed by atoms with Crippen LogP contribution in [-0.4, -0.2) is 24.4 Å². The Bertz CT molecular complexity index is 122. The largest absolute Gasteiger partial charge is 0.393 e. The van der Waals surface area contributed by atoms with Gasteiger partial charge in [0.25, 0.3) is 0 Å². The van der Waals surface area contributed by atoms with E-state index >= 15 is 0 Å². The van der Waals surface area contributed by atoms with Crippen molar-refractivity contribution in [1.29, 1.82) is 0 Å². The van der Waals surface area contributed by atoms with Gasteiger partial charge in [-0.05, 0) is 25.2 Å². The number of fused-ring (bicyclic) bond motifs is 2. The molecule has 1 saturated heterocycles. The van der Waals surface area contributed by atoms with Crippen molar-refractivity contribution in [3.8, 4) is 0 Å². The Hall–Kier alpha value is -0.0800. The summed E-state index contributed by atoms with van der Waals surface area (Å²) in [6.45, 7) is 1.72. The first-order valence-corrected chi connectivity index (χ1v) is 4.12. The fourth-order valence-electron chi connectivity index (χ4n) is 2.06. The molecule has 2 heteroatoms. The van der Waals surface area contributed by atoms with E-state index in [0.717, 1.165) is 32.0 Å². The molecule has 0 aromatic heterocycles. The lowest BCUT2D eigenvalue weighted by molar-refractivity contribution is -0.0694. The Balaban J connectivity index is 2.00. The molecule has 2 fully saturated rings. The summed E-state index contributed by atoms with van der Waals surface area (Å²) in [4.78, 5) is 0. The summed E-state index contributed by atoms with van der Waals surface area (Å²) in [6.07, 6.45) is 3.29. The van der Waals surface area contributed by atoms with Gasteiger partial charge in [-0.3, -0.25) is 0 Å². The lowest BCUT2D eigenvalue weighted by atomic mass is 9.79. The fourth-order valence-corrected chi connectivity index (χ4v) is 2.06. The average molecular weight is 142 g/mol. The van der Waals surface area contributed by atoms with E-state index in [1.165, 1.54) is 6.42 Å². The maximum atomic E-state index is 9.44. The van der Waals surface area contributed by atoms with Crippen LogP contribution in [0.5, 0.6) is 0 Å². The standard InChI is InChI=1S/C8H14O2/c9-8-2-1-6-3-7(8)5-10-4-6/h6-9H,1-5H2/t6-,7+,8+/m1/s1. The van der Waals surface area contributed by atoms with Crippen LogP contribution in [0.4, 0.5) is 0 Å². The van der Waals surface area contributed by atoms with Crippen LogP contribution in [0.15, 0.2) is 0 Å². The molecule has 0 radical (unpaired) electrons. The molecule has 2 rings (SSSR count). The highest BCUT2D eigenvalue weighted by Gasteiger charge is 2.32. The molecule has 1 N–H and O–H groups in total. The van der Waals surface area contributed by atoms with E-state index in [1.807, 2.05) is 0 Å². The van der Waals surface area contributed by atoms with Crippen molar-refractivity contribution in [3.05, 3.63) is 0 Å². The van der Waals surface area contributed by atoms with Crippen molar-refractivity contribution in [2.75, 3.05) is 13.2 Å². The first-order chi connectivity index (χ1) is 4.86. The maximum absolute atomic E-state index is 9.44. The second-order valence-electron chi connectivity index (χ2n) is 3.54. The van der Waals surface area contributed by atoms with Gasteiger partial charge >= 0.3 is 0 Å². The molecule has 0 aromatic rings. The van der Waals surface area contributed by atoms with Crippen LogP contribution in [0.25, 0.3) is 0 Å². The second-order valence-corrected chi connectivity index (χ2v) is 3.54. The summed E-state index contributed by atoms with van der Waals surface area (Å²) in [7, 11) is 0. The fraction of sp³-hybridized carbons (Fsp3) is 1.00. The van der Waals surface area contributed by atoms with Crippen molar-refractivity contribution in [2.24, 2.45) is 11.8 Å². The van der Waals surface area contributed by atoms with Crippen molar-refractivity contribution >= 4 is 0 Å². The minimum absolute atomic E-state index is 0.0726. The molecular formula is C8H14O2. The predicted molar refractivity (Wildman–Crippen MR) is 37.7 cm³/mol. The second kappa shape index (κ2) is 2.51. The number of hydrogen-bond acceptors (Lipinski definition) is 2. The molecule has 2 bridgehead atoms. The monoisotopic (exact) mass is 142 g/mol. The normalized spacial score (nSPS) is 47.1. The SMILES string of the molecule is O[C@H]1CC[C@H]2COC[C@@H]1C2. The van der Waals surface area contributed by atoms with Gasteiger partial charge in [0.15, 0.2) is 0 Å². The van der Waals surface area contributed by atoms with Crippen molar-refractivity contribution in [2.45, 2.75) is 25.4 Å². The first kappa shape index (κ1) is 6.62. The molecule has 0 aromatic carbocycles. The minimum atomic E-state index is -0.0726. The van der Waals surface area contributed by atoms with Gasteiger partial charge in [-0.15, -0.1) is 0 Å². The van der Waals surface area contributed by atoms with Gasteiger partial charge in [0.05, 0.1) is 12.7 Å². The molecule has 10 heavy (non-hydrogen) atoms. The number of ether oxygens (including phenoxy) is 1. The van der Waals surface area contributed by atoms with E-state index in [2.05, 4.69) is 0 Å². The number of aliphatic hydroxyl groups is 1. The summed E-state index contributed by atoms with van der Waals surface area (Å²) in [5, 5.41) is 9.44. The zero-order chi connectivity index (χ0) is 6.97. The van der Waals surface area contributed by atoms with Crippen LogP contribution in [0.1, 0.15) is 19.3 Å². The highest BCUT2D eigenvalue weighted by Crippen LogP contribution is 2.33. The van der Waals surface area contributed by atoms with Crippen LogP contribution in [-0.2, 0) is 4.74 Å². The van der Waals surface area contributed by atoms with Crippen molar-refractivity contribution in [3.63, 3.8) is 0 Å². The van der Waals surface area contributed by atoms with Gasteiger partial charge in [-0.1, -0.05) is 0 Å². The lowest BCUT2D eigenvalue weighted by Crippen LogP contribution is -2.38. The molecule has 0 spiro atoms. The molecule has 1 aliphatic carbocycles. The molecule has 2 nitrogen and oxygen atoms in total. The van der Waals surface area contributed by atoms with Gasteiger partial charge in [0.1, 0.15) is 0 Å².